The van der Waals surface area contributed by atoms with Crippen LogP contribution in [0.4, 0.5) is 11.8 Å². The number of methoxy groups -OCH3 is 1. The number of rotatable bonds is 8. The Kier molecular flexibility index (Phi) is 9.12. The Balaban J connectivity index is 1.38. The largest absolute Gasteiger partial charge is 0.496 e. The molecule has 0 aromatic carbocycles. The first kappa shape index (κ1) is 31.9. The quantitative estimate of drug-likeness (QED) is 0.249. The van der Waals surface area contributed by atoms with Crippen LogP contribution in [0.25, 0.3) is 11.6 Å². The number of hydrogen-bond acceptors (Lipinski definition) is 9. The lowest BCUT2D eigenvalue weighted by Gasteiger charge is -2.34. The van der Waals surface area contributed by atoms with E-state index < -0.39 is 0 Å². The molecule has 3 amide bonds. The number of nitrogens with two attached hydrogens (primary N) is 1. The summed E-state index contributed by atoms with van der Waals surface area (Å²) in [5.74, 6) is 0.442. The maximum absolute atomic E-state index is 14.0. The Morgan fingerprint density at radius 3 is 2.51 bits per heavy atom. The molecule has 0 atom stereocenters. The molecule has 0 spiro atoms. The molecule has 238 valence electrons. The highest BCUT2D eigenvalue weighted by molar-refractivity contribution is 6.41. The van der Waals surface area contributed by atoms with Gasteiger partial charge in [0.05, 0.1) is 36.0 Å². The van der Waals surface area contributed by atoms with Crippen LogP contribution < -0.4 is 20.7 Å². The molecule has 5 rings (SSSR count). The molecule has 4 N–H and O–H groups in total. The zero-order valence-corrected chi connectivity index (χ0v) is 27.1. The normalized spacial score (nSPS) is 16.0. The second-order valence-electron chi connectivity index (χ2n) is 11.3. The third-order valence-corrected chi connectivity index (χ3v) is 8.72. The van der Waals surface area contributed by atoms with Crippen molar-refractivity contribution >= 4 is 52.7 Å². The van der Waals surface area contributed by atoms with Gasteiger partial charge in [-0.3, -0.25) is 29.2 Å². The van der Waals surface area contributed by atoms with E-state index in [4.69, 9.17) is 22.1 Å². The van der Waals surface area contributed by atoms with E-state index >= 15 is 0 Å². The number of pyridine rings is 1. The second kappa shape index (κ2) is 12.9. The van der Waals surface area contributed by atoms with Gasteiger partial charge in [0.15, 0.2) is 5.82 Å². The first-order valence-corrected chi connectivity index (χ1v) is 15.1. The predicted octanol–water partition coefficient (Wildman–Crippen LogP) is 2.66. The Labute approximate surface area is 266 Å². The Morgan fingerprint density at radius 1 is 1.13 bits per heavy atom. The minimum atomic E-state index is -0.352. The summed E-state index contributed by atoms with van der Waals surface area (Å²) >= 11 is 6.56. The third-order valence-electron chi connectivity index (χ3n) is 8.44. The number of hydrogen-bond donors (Lipinski definition) is 3. The van der Waals surface area contributed by atoms with Gasteiger partial charge in [-0.25, -0.2) is 4.98 Å². The van der Waals surface area contributed by atoms with Gasteiger partial charge in [-0.05, 0) is 39.3 Å². The van der Waals surface area contributed by atoms with E-state index in [-0.39, 0.29) is 46.8 Å². The molecule has 0 saturated carbocycles. The molecule has 2 aliphatic heterocycles. The first-order chi connectivity index (χ1) is 21.4. The number of aromatic nitrogens is 4. The number of aromatic amines is 1. The summed E-state index contributed by atoms with van der Waals surface area (Å²) in [5, 5.41) is 3.06. The minimum absolute atomic E-state index is 0.0498. The van der Waals surface area contributed by atoms with Gasteiger partial charge in [0.1, 0.15) is 10.9 Å². The number of halogens is 1. The highest BCUT2D eigenvalue weighted by Gasteiger charge is 2.38. The van der Waals surface area contributed by atoms with Crippen molar-refractivity contribution < 1.29 is 19.1 Å². The Hall–Kier alpha value is -4.49. The minimum Gasteiger partial charge on any atom is -0.496 e. The van der Waals surface area contributed by atoms with E-state index in [0.29, 0.717) is 65.7 Å². The van der Waals surface area contributed by atoms with Crippen LogP contribution in [0, 0.1) is 27.7 Å². The number of nitrogens with zero attached hydrogens (tertiary/aromatic N) is 6. The number of ether oxygens (including phenoxy) is 1. The number of H-pyrrole nitrogens is 1. The molecule has 0 aliphatic carbocycles. The van der Waals surface area contributed by atoms with E-state index in [0.717, 1.165) is 24.2 Å². The average Bonchev–Trinajstić information content (AvgIpc) is 3.41. The van der Waals surface area contributed by atoms with Crippen molar-refractivity contribution in [2.24, 2.45) is 0 Å². The van der Waals surface area contributed by atoms with E-state index in [1.54, 1.807) is 26.3 Å². The molecular weight excluding hydrogens is 598 g/mol. The van der Waals surface area contributed by atoms with Crippen LogP contribution in [-0.2, 0) is 16.1 Å². The second-order valence-corrected chi connectivity index (χ2v) is 11.7. The van der Waals surface area contributed by atoms with Crippen molar-refractivity contribution in [2.45, 2.75) is 41.2 Å². The number of nitrogens with one attached hydrogen (secondary N) is 2. The number of piperazine rings is 1. The van der Waals surface area contributed by atoms with E-state index in [9.17, 15) is 14.4 Å². The summed E-state index contributed by atoms with van der Waals surface area (Å²) in [5.41, 5.74) is 11.4. The predicted molar refractivity (Wildman–Crippen MR) is 172 cm³/mol. The summed E-state index contributed by atoms with van der Waals surface area (Å²) in [6, 6.07) is 0. The topological polar surface area (TPSA) is 163 Å². The monoisotopic (exact) mass is 635 g/mol. The molecular formula is C31H38ClN9O4. The van der Waals surface area contributed by atoms with Crippen LogP contribution in [0.1, 0.15) is 56.6 Å². The van der Waals surface area contributed by atoms with E-state index in [1.807, 2.05) is 32.6 Å². The molecule has 14 heteroatoms. The lowest BCUT2D eigenvalue weighted by Crippen LogP contribution is -2.49. The standard InChI is InChI=1S/C31H38ClN9O4/c1-16-14-35-23(18(3)26(16)45-6)15-41-28-25(27(32)37-31(33)38-28)21(30(41)44)13-22-17(2)24(19(4)36-22)29(43)34-7-8-39-9-11-40(12-10-39)20(5)42/h13-14,36H,7-12,15H2,1-6H3,(H,34,43)(H2,33,37,38)/b21-13-. The maximum Gasteiger partial charge on any atom is 0.260 e. The molecule has 3 aromatic heterocycles. The molecule has 1 fully saturated rings. The lowest BCUT2D eigenvalue weighted by atomic mass is 10.1. The van der Waals surface area contributed by atoms with Crippen LogP contribution in [0.3, 0.4) is 0 Å². The summed E-state index contributed by atoms with van der Waals surface area (Å²) in [6.07, 6.45) is 3.38. The molecule has 1 saturated heterocycles. The van der Waals surface area contributed by atoms with Gasteiger partial charge in [-0.15, -0.1) is 0 Å². The third kappa shape index (κ3) is 6.22. The lowest BCUT2D eigenvalue weighted by molar-refractivity contribution is -0.130. The van der Waals surface area contributed by atoms with Crippen molar-refractivity contribution in [1.29, 1.82) is 0 Å². The summed E-state index contributed by atoms with van der Waals surface area (Å²) in [6.45, 7) is 13.2. The van der Waals surface area contributed by atoms with Crippen LogP contribution in [-0.4, -0.2) is 93.8 Å². The number of carbonyl (C=O) groups excluding carboxylic acids is 3. The molecule has 0 unspecified atom stereocenters. The zero-order valence-electron chi connectivity index (χ0n) is 26.4. The number of amides is 3. The van der Waals surface area contributed by atoms with Gasteiger partial charge >= 0.3 is 0 Å². The van der Waals surface area contributed by atoms with Crippen molar-refractivity contribution in [1.82, 2.24) is 35.1 Å². The van der Waals surface area contributed by atoms with Gasteiger partial charge < -0.3 is 25.7 Å². The van der Waals surface area contributed by atoms with Gasteiger partial charge in [0.2, 0.25) is 11.9 Å². The fourth-order valence-corrected chi connectivity index (χ4v) is 6.25. The van der Waals surface area contributed by atoms with E-state index in [1.165, 1.54) is 4.90 Å². The van der Waals surface area contributed by atoms with E-state index in [2.05, 4.69) is 30.2 Å². The number of anilines is 2. The van der Waals surface area contributed by atoms with Gasteiger partial charge in [0, 0.05) is 74.9 Å². The number of fused-ring (bicyclic) bond motifs is 1. The number of carbonyl (C=O) groups is 3. The molecule has 5 heterocycles. The van der Waals surface area contributed by atoms with Gasteiger partial charge in [-0.1, -0.05) is 11.6 Å². The van der Waals surface area contributed by atoms with Crippen LogP contribution in [0.15, 0.2) is 6.20 Å². The first-order valence-electron chi connectivity index (χ1n) is 14.7. The summed E-state index contributed by atoms with van der Waals surface area (Å²) < 4.78 is 5.55. The maximum atomic E-state index is 14.0. The Bertz CT molecular complexity index is 1710. The van der Waals surface area contributed by atoms with Crippen molar-refractivity contribution in [2.75, 3.05) is 57.0 Å². The highest BCUT2D eigenvalue weighted by atomic mass is 35.5. The highest BCUT2D eigenvalue weighted by Crippen LogP contribution is 2.42. The average molecular weight is 636 g/mol. The van der Waals surface area contributed by atoms with Crippen LogP contribution in [0.5, 0.6) is 5.75 Å². The molecule has 3 aromatic rings. The molecule has 45 heavy (non-hydrogen) atoms. The van der Waals surface area contributed by atoms with Gasteiger partial charge in [-0.2, -0.15) is 4.98 Å². The zero-order chi connectivity index (χ0) is 32.6. The molecule has 13 nitrogen and oxygen atoms in total. The molecule has 2 aliphatic rings. The fraction of sp³-hybridized carbons (Fsp3) is 0.419. The smallest absolute Gasteiger partial charge is 0.260 e. The molecule has 0 radical (unpaired) electrons. The fourth-order valence-electron chi connectivity index (χ4n) is 5.98. The van der Waals surface area contributed by atoms with Crippen LogP contribution in [0.2, 0.25) is 5.15 Å². The van der Waals surface area contributed by atoms with Gasteiger partial charge in [0.25, 0.3) is 11.8 Å². The summed E-state index contributed by atoms with van der Waals surface area (Å²) in [7, 11) is 1.60. The number of aryl methyl sites for hydroxylation is 2. The SMILES string of the molecule is COc1c(C)cnc(CN2C(=O)/C(=C\c3[nH]c(C)c(C(=O)NCCN4CCN(C(C)=O)CC4)c3C)c3c(Cl)nc(N)nc32)c1C. The summed E-state index contributed by atoms with van der Waals surface area (Å²) in [4.78, 5) is 60.6. The van der Waals surface area contributed by atoms with Crippen LogP contribution >= 0.6 is 11.6 Å². The van der Waals surface area contributed by atoms with Crippen molar-refractivity contribution in [3.05, 3.63) is 56.2 Å². The molecule has 0 bridgehead atoms. The van der Waals surface area contributed by atoms with Crippen molar-refractivity contribution in [3.63, 3.8) is 0 Å². The number of nitrogen functional groups attached to an aromatic ring is 1. The van der Waals surface area contributed by atoms with Crippen molar-refractivity contribution in [3.8, 4) is 5.75 Å². The Morgan fingerprint density at radius 2 is 1.84 bits per heavy atom.